The zero-order chi connectivity index (χ0) is 6.15. The molecule has 1 saturated heterocycles. The highest BCUT2D eigenvalue weighted by Crippen LogP contribution is 2.24. The third kappa shape index (κ3) is 0.904. The number of aliphatic hydroxyl groups is 1. The molecular weight excluding hydrogens is 104 g/mol. The summed E-state index contributed by atoms with van der Waals surface area (Å²) in [5.74, 6) is 0. The van der Waals surface area contributed by atoms with Crippen LogP contribution >= 0.6 is 0 Å². The Kier molecular flexibility index (Phi) is 1.36. The van der Waals surface area contributed by atoms with Gasteiger partial charge in [-0.15, -0.1) is 6.58 Å². The molecule has 0 saturated carbocycles. The predicted molar refractivity (Wildman–Crippen MR) is 30.5 cm³/mol. The van der Waals surface area contributed by atoms with Gasteiger partial charge in [0.1, 0.15) is 12.2 Å². The lowest BCUT2D eigenvalue weighted by Gasteiger charge is -1.95. The minimum atomic E-state index is -0.468. The fourth-order valence-corrected chi connectivity index (χ4v) is 0.695. The van der Waals surface area contributed by atoms with E-state index in [-0.39, 0.29) is 12.2 Å². The van der Waals surface area contributed by atoms with E-state index in [1.165, 1.54) is 6.08 Å². The maximum absolute atomic E-state index is 8.93. The number of epoxide rings is 1. The molecule has 0 aromatic carbocycles. The molecule has 0 amide bonds. The van der Waals surface area contributed by atoms with Gasteiger partial charge < -0.3 is 9.84 Å². The Labute approximate surface area is 48.8 Å². The van der Waals surface area contributed by atoms with Crippen LogP contribution in [-0.2, 0) is 4.74 Å². The lowest BCUT2D eigenvalue weighted by atomic mass is 10.2. The van der Waals surface area contributed by atoms with Crippen LogP contribution in [0.15, 0.2) is 12.7 Å². The van der Waals surface area contributed by atoms with Gasteiger partial charge in [-0.3, -0.25) is 0 Å². The summed E-state index contributed by atoms with van der Waals surface area (Å²) >= 11 is 0. The summed E-state index contributed by atoms with van der Waals surface area (Å²) in [6.45, 7) is 5.35. The molecule has 0 aliphatic carbocycles. The van der Waals surface area contributed by atoms with E-state index in [1.807, 2.05) is 6.92 Å². The second kappa shape index (κ2) is 1.88. The van der Waals surface area contributed by atoms with Crippen LogP contribution in [0.25, 0.3) is 0 Å². The first-order chi connectivity index (χ1) is 3.75. The van der Waals surface area contributed by atoms with E-state index in [1.54, 1.807) is 0 Å². The fourth-order valence-electron chi connectivity index (χ4n) is 0.695. The third-order valence-corrected chi connectivity index (χ3v) is 1.34. The van der Waals surface area contributed by atoms with Gasteiger partial charge in [0.05, 0.1) is 6.10 Å². The molecule has 46 valence electrons. The van der Waals surface area contributed by atoms with Gasteiger partial charge in [-0.05, 0) is 6.92 Å². The summed E-state index contributed by atoms with van der Waals surface area (Å²) in [5.41, 5.74) is 0. The van der Waals surface area contributed by atoms with E-state index in [0.29, 0.717) is 0 Å². The maximum atomic E-state index is 8.93. The van der Waals surface area contributed by atoms with Gasteiger partial charge in [0.15, 0.2) is 0 Å². The Morgan fingerprint density at radius 2 is 2.38 bits per heavy atom. The van der Waals surface area contributed by atoms with Crippen LogP contribution in [0.2, 0.25) is 0 Å². The highest BCUT2D eigenvalue weighted by atomic mass is 16.6. The Hall–Kier alpha value is -0.340. The number of hydrogen-bond donors (Lipinski definition) is 1. The largest absolute Gasteiger partial charge is 0.386 e. The van der Waals surface area contributed by atoms with Gasteiger partial charge in [-0.2, -0.15) is 0 Å². The molecule has 0 unspecified atom stereocenters. The molecule has 8 heavy (non-hydrogen) atoms. The lowest BCUT2D eigenvalue weighted by molar-refractivity contribution is 0.178. The zero-order valence-electron chi connectivity index (χ0n) is 4.87. The smallest absolute Gasteiger partial charge is 0.113 e. The van der Waals surface area contributed by atoms with Crippen molar-refractivity contribution in [3.63, 3.8) is 0 Å². The average Bonchev–Trinajstić information content (AvgIpc) is 2.45. The van der Waals surface area contributed by atoms with Gasteiger partial charge in [-0.25, -0.2) is 0 Å². The molecule has 1 aliphatic rings. The molecule has 1 aliphatic heterocycles. The van der Waals surface area contributed by atoms with E-state index in [9.17, 15) is 0 Å². The van der Waals surface area contributed by atoms with Crippen molar-refractivity contribution in [2.45, 2.75) is 25.2 Å². The molecule has 0 aromatic rings. The molecule has 1 N–H and O–H groups in total. The van der Waals surface area contributed by atoms with Crippen LogP contribution in [0.3, 0.4) is 0 Å². The van der Waals surface area contributed by atoms with E-state index >= 15 is 0 Å². The zero-order valence-corrected chi connectivity index (χ0v) is 4.87. The van der Waals surface area contributed by atoms with E-state index in [0.717, 1.165) is 0 Å². The standard InChI is InChI=1S/C6H10O2/c1-3-5(7)6-4(2)8-6/h3-7H,1H2,2H3/t4-,5+,6+/m0/s1. The summed E-state index contributed by atoms with van der Waals surface area (Å²) in [5, 5.41) is 8.93. The second-order valence-electron chi connectivity index (χ2n) is 2.03. The summed E-state index contributed by atoms with van der Waals surface area (Å²) < 4.78 is 4.95. The number of hydrogen-bond acceptors (Lipinski definition) is 2. The molecule has 2 heteroatoms. The van der Waals surface area contributed by atoms with Gasteiger partial charge in [0.25, 0.3) is 0 Å². The third-order valence-electron chi connectivity index (χ3n) is 1.34. The molecule has 0 radical (unpaired) electrons. The van der Waals surface area contributed by atoms with E-state index in [4.69, 9.17) is 9.84 Å². The lowest BCUT2D eigenvalue weighted by Crippen LogP contribution is -2.11. The fraction of sp³-hybridized carbons (Fsp3) is 0.667. The highest BCUT2D eigenvalue weighted by Gasteiger charge is 2.38. The van der Waals surface area contributed by atoms with Crippen molar-refractivity contribution < 1.29 is 9.84 Å². The van der Waals surface area contributed by atoms with Gasteiger partial charge >= 0.3 is 0 Å². The quantitative estimate of drug-likeness (QED) is 0.414. The molecule has 3 atom stereocenters. The van der Waals surface area contributed by atoms with Crippen molar-refractivity contribution in [1.82, 2.24) is 0 Å². The van der Waals surface area contributed by atoms with Gasteiger partial charge in [0.2, 0.25) is 0 Å². The minimum Gasteiger partial charge on any atom is -0.386 e. The van der Waals surface area contributed by atoms with Crippen LogP contribution in [-0.4, -0.2) is 23.4 Å². The van der Waals surface area contributed by atoms with E-state index < -0.39 is 6.10 Å². The summed E-state index contributed by atoms with van der Waals surface area (Å²) in [6, 6.07) is 0. The number of aliphatic hydroxyl groups excluding tert-OH is 1. The Morgan fingerprint density at radius 1 is 1.88 bits per heavy atom. The number of rotatable bonds is 2. The monoisotopic (exact) mass is 114 g/mol. The Morgan fingerprint density at radius 3 is 2.50 bits per heavy atom. The van der Waals surface area contributed by atoms with Crippen molar-refractivity contribution in [1.29, 1.82) is 0 Å². The molecule has 1 fully saturated rings. The Balaban J connectivity index is 2.27. The minimum absolute atomic E-state index is 0.0208. The Bertz CT molecular complexity index is 101. The average molecular weight is 114 g/mol. The van der Waals surface area contributed by atoms with Crippen LogP contribution in [0.4, 0.5) is 0 Å². The van der Waals surface area contributed by atoms with Gasteiger partial charge in [0, 0.05) is 0 Å². The van der Waals surface area contributed by atoms with Gasteiger partial charge in [-0.1, -0.05) is 6.08 Å². The number of ether oxygens (including phenoxy) is 1. The normalized spacial score (nSPS) is 38.8. The summed E-state index contributed by atoms with van der Waals surface area (Å²) in [6.07, 6.45) is 1.27. The van der Waals surface area contributed by atoms with Crippen molar-refractivity contribution in [3.05, 3.63) is 12.7 Å². The van der Waals surface area contributed by atoms with Crippen molar-refractivity contribution in [2.75, 3.05) is 0 Å². The summed E-state index contributed by atoms with van der Waals surface area (Å²) in [7, 11) is 0. The topological polar surface area (TPSA) is 32.8 Å². The molecule has 1 heterocycles. The molecule has 0 bridgehead atoms. The maximum Gasteiger partial charge on any atom is 0.113 e. The second-order valence-corrected chi connectivity index (χ2v) is 2.03. The SMILES string of the molecule is C=C[C@@H](O)[C@@H]1O[C@H]1C. The van der Waals surface area contributed by atoms with Crippen LogP contribution in [0.1, 0.15) is 6.92 Å². The first-order valence-electron chi connectivity index (χ1n) is 2.72. The predicted octanol–water partition coefficient (Wildman–Crippen LogP) is 0.321. The molecule has 0 aromatic heterocycles. The van der Waals surface area contributed by atoms with Crippen molar-refractivity contribution in [3.8, 4) is 0 Å². The molecule has 1 rings (SSSR count). The highest BCUT2D eigenvalue weighted by molar-refractivity contribution is 4.95. The molecule has 0 spiro atoms. The van der Waals surface area contributed by atoms with Crippen molar-refractivity contribution >= 4 is 0 Å². The van der Waals surface area contributed by atoms with E-state index in [2.05, 4.69) is 6.58 Å². The van der Waals surface area contributed by atoms with Crippen LogP contribution in [0, 0.1) is 0 Å². The first kappa shape index (κ1) is 5.79. The first-order valence-corrected chi connectivity index (χ1v) is 2.72. The molecule has 2 nitrogen and oxygen atoms in total. The van der Waals surface area contributed by atoms with Crippen LogP contribution < -0.4 is 0 Å². The van der Waals surface area contributed by atoms with Crippen molar-refractivity contribution in [2.24, 2.45) is 0 Å². The van der Waals surface area contributed by atoms with Crippen LogP contribution in [0.5, 0.6) is 0 Å². The summed E-state index contributed by atoms with van der Waals surface area (Å²) in [4.78, 5) is 0. The molecular formula is C6H10O2.